The molecule has 1 aliphatic rings. The van der Waals surface area contributed by atoms with Crippen LogP contribution in [0.25, 0.3) is 22.2 Å². The van der Waals surface area contributed by atoms with Crippen molar-refractivity contribution in [3.8, 4) is 11.1 Å². The lowest BCUT2D eigenvalue weighted by atomic mass is 9.89. The Kier molecular flexibility index (Phi) is 5.57. The van der Waals surface area contributed by atoms with Crippen LogP contribution in [0.5, 0.6) is 0 Å². The van der Waals surface area contributed by atoms with Crippen LogP contribution in [0.15, 0.2) is 54.7 Å². The number of rotatable bonds is 4. The fourth-order valence-corrected chi connectivity index (χ4v) is 4.38. The molecule has 170 valence electrons. The number of nitrogens with zero attached hydrogens (tertiary/aromatic N) is 4. The van der Waals surface area contributed by atoms with E-state index in [1.165, 1.54) is 24.4 Å². The number of aromatic amines is 1. The fourth-order valence-electron chi connectivity index (χ4n) is 4.38. The maximum absolute atomic E-state index is 13.8. The van der Waals surface area contributed by atoms with E-state index in [2.05, 4.69) is 24.8 Å². The van der Waals surface area contributed by atoms with Crippen LogP contribution in [0, 0.1) is 5.82 Å². The van der Waals surface area contributed by atoms with Gasteiger partial charge in [-0.05, 0) is 55.8 Å². The van der Waals surface area contributed by atoms with Gasteiger partial charge in [0.1, 0.15) is 11.6 Å². The third kappa shape index (κ3) is 4.59. The summed E-state index contributed by atoms with van der Waals surface area (Å²) >= 11 is 0. The van der Waals surface area contributed by atoms with Gasteiger partial charge in [-0.1, -0.05) is 24.3 Å². The van der Waals surface area contributed by atoms with Gasteiger partial charge in [0.05, 0.1) is 23.3 Å². The summed E-state index contributed by atoms with van der Waals surface area (Å²) in [5.74, 6) is -0.947. The molecule has 1 N–H and O–H groups in total. The Morgan fingerprint density at radius 2 is 1.79 bits per heavy atom. The second kappa shape index (κ2) is 8.55. The van der Waals surface area contributed by atoms with Gasteiger partial charge in [-0.2, -0.15) is 13.2 Å². The van der Waals surface area contributed by atoms with Crippen molar-refractivity contribution in [1.29, 1.82) is 0 Å². The number of H-pyrrole nitrogens is 1. The Hall–Kier alpha value is -3.33. The number of hydrogen-bond donors (Lipinski definition) is 1. The largest absolute Gasteiger partial charge is 0.451 e. The third-order valence-corrected chi connectivity index (χ3v) is 5.99. The van der Waals surface area contributed by atoms with Crippen LogP contribution in [0.2, 0.25) is 0 Å². The highest BCUT2D eigenvalue weighted by atomic mass is 19.4. The summed E-state index contributed by atoms with van der Waals surface area (Å²) in [6.45, 7) is 2.01. The predicted molar refractivity (Wildman–Crippen MR) is 116 cm³/mol. The quantitative estimate of drug-likeness (QED) is 0.410. The van der Waals surface area contributed by atoms with Gasteiger partial charge in [-0.25, -0.2) is 19.3 Å². The van der Waals surface area contributed by atoms with E-state index < -0.39 is 17.8 Å². The SMILES string of the molecule is Fc1cccc(-c2cnc(C(F)(F)F)nc2C2CCN(Cc3nc4ccccc4[nH]3)CC2)c1. The second-order valence-electron chi connectivity index (χ2n) is 8.25. The molecule has 2 aromatic heterocycles. The van der Waals surface area contributed by atoms with Crippen LogP contribution < -0.4 is 0 Å². The first kappa shape index (κ1) is 21.5. The number of piperidine rings is 1. The summed E-state index contributed by atoms with van der Waals surface area (Å²) in [5.41, 5.74) is 3.12. The summed E-state index contributed by atoms with van der Waals surface area (Å²) in [4.78, 5) is 17.6. The van der Waals surface area contributed by atoms with Crippen molar-refractivity contribution in [3.63, 3.8) is 0 Å². The molecule has 1 saturated heterocycles. The number of likely N-dealkylation sites (tertiary alicyclic amines) is 1. The molecule has 4 aromatic rings. The highest BCUT2D eigenvalue weighted by Crippen LogP contribution is 2.36. The maximum Gasteiger partial charge on any atom is 0.451 e. The van der Waals surface area contributed by atoms with Crippen LogP contribution in [-0.2, 0) is 12.7 Å². The van der Waals surface area contributed by atoms with Gasteiger partial charge in [0.15, 0.2) is 0 Å². The van der Waals surface area contributed by atoms with Crippen molar-refractivity contribution >= 4 is 11.0 Å². The fraction of sp³-hybridized carbons (Fsp3) is 0.292. The number of fused-ring (bicyclic) bond motifs is 1. The van der Waals surface area contributed by atoms with Gasteiger partial charge in [0, 0.05) is 17.7 Å². The van der Waals surface area contributed by atoms with Gasteiger partial charge in [0.2, 0.25) is 5.82 Å². The van der Waals surface area contributed by atoms with E-state index in [0.717, 1.165) is 16.9 Å². The Labute approximate surface area is 187 Å². The van der Waals surface area contributed by atoms with E-state index in [1.807, 2.05) is 24.3 Å². The minimum Gasteiger partial charge on any atom is -0.341 e. The highest BCUT2D eigenvalue weighted by molar-refractivity contribution is 5.74. The highest BCUT2D eigenvalue weighted by Gasteiger charge is 2.36. The molecule has 0 spiro atoms. The molecular formula is C24H21F4N5. The minimum atomic E-state index is -4.64. The van der Waals surface area contributed by atoms with E-state index in [4.69, 9.17) is 0 Å². The van der Waals surface area contributed by atoms with E-state index in [1.54, 1.807) is 6.07 Å². The zero-order valence-corrected chi connectivity index (χ0v) is 17.6. The molecule has 1 fully saturated rings. The van der Waals surface area contributed by atoms with Gasteiger partial charge in [-0.3, -0.25) is 4.90 Å². The van der Waals surface area contributed by atoms with Gasteiger partial charge >= 0.3 is 6.18 Å². The number of nitrogens with one attached hydrogen (secondary N) is 1. The smallest absolute Gasteiger partial charge is 0.341 e. The van der Waals surface area contributed by atoms with Crippen molar-refractivity contribution in [2.45, 2.75) is 31.5 Å². The summed E-state index contributed by atoms with van der Waals surface area (Å²) in [5, 5.41) is 0. The van der Waals surface area contributed by atoms with Crippen molar-refractivity contribution in [3.05, 3.63) is 77.9 Å². The molecule has 0 atom stereocenters. The Morgan fingerprint density at radius 1 is 1.00 bits per heavy atom. The van der Waals surface area contributed by atoms with Gasteiger partial charge in [0.25, 0.3) is 0 Å². The van der Waals surface area contributed by atoms with Crippen LogP contribution in [0.3, 0.4) is 0 Å². The minimum absolute atomic E-state index is 0.181. The third-order valence-electron chi connectivity index (χ3n) is 5.99. The lowest BCUT2D eigenvalue weighted by Gasteiger charge is -2.32. The van der Waals surface area contributed by atoms with Crippen LogP contribution in [0.4, 0.5) is 17.6 Å². The van der Waals surface area contributed by atoms with E-state index in [-0.39, 0.29) is 5.92 Å². The average molecular weight is 455 g/mol. The first-order chi connectivity index (χ1) is 15.9. The zero-order chi connectivity index (χ0) is 23.0. The number of para-hydroxylation sites is 2. The van der Waals surface area contributed by atoms with Crippen LogP contribution >= 0.6 is 0 Å². The van der Waals surface area contributed by atoms with Crippen molar-refractivity contribution in [2.75, 3.05) is 13.1 Å². The molecule has 0 radical (unpaired) electrons. The number of aromatic nitrogens is 4. The average Bonchev–Trinajstić information content (AvgIpc) is 3.21. The molecule has 5 rings (SSSR count). The lowest BCUT2D eigenvalue weighted by molar-refractivity contribution is -0.145. The van der Waals surface area contributed by atoms with Crippen molar-refractivity contribution < 1.29 is 17.6 Å². The number of imidazole rings is 1. The summed E-state index contributed by atoms with van der Waals surface area (Å²) < 4.78 is 53.8. The van der Waals surface area contributed by atoms with Crippen molar-refractivity contribution in [2.24, 2.45) is 0 Å². The molecule has 9 heteroatoms. The molecule has 0 aliphatic carbocycles. The second-order valence-corrected chi connectivity index (χ2v) is 8.25. The molecule has 5 nitrogen and oxygen atoms in total. The number of benzene rings is 2. The predicted octanol–water partition coefficient (Wildman–Crippen LogP) is 5.56. The van der Waals surface area contributed by atoms with E-state index in [0.29, 0.717) is 49.3 Å². The van der Waals surface area contributed by atoms with Crippen molar-refractivity contribution in [1.82, 2.24) is 24.8 Å². The monoisotopic (exact) mass is 455 g/mol. The summed E-state index contributed by atoms with van der Waals surface area (Å²) in [6.07, 6.45) is -2.20. The normalized spacial score (nSPS) is 15.9. The maximum atomic E-state index is 13.8. The Bertz CT molecular complexity index is 1240. The Morgan fingerprint density at radius 3 is 2.52 bits per heavy atom. The first-order valence-corrected chi connectivity index (χ1v) is 10.7. The molecule has 0 amide bonds. The topological polar surface area (TPSA) is 57.7 Å². The molecule has 0 bridgehead atoms. The van der Waals surface area contributed by atoms with Gasteiger partial charge < -0.3 is 4.98 Å². The zero-order valence-electron chi connectivity index (χ0n) is 17.6. The molecule has 33 heavy (non-hydrogen) atoms. The van der Waals surface area contributed by atoms with Crippen LogP contribution in [-0.4, -0.2) is 37.9 Å². The number of alkyl halides is 3. The summed E-state index contributed by atoms with van der Waals surface area (Å²) in [6, 6.07) is 13.6. The number of hydrogen-bond acceptors (Lipinski definition) is 4. The first-order valence-electron chi connectivity index (χ1n) is 10.7. The molecule has 0 unspecified atom stereocenters. The molecule has 2 aromatic carbocycles. The van der Waals surface area contributed by atoms with Gasteiger partial charge in [-0.15, -0.1) is 0 Å². The molecule has 1 aliphatic heterocycles. The standard InChI is InChI=1S/C24H21F4N5/c25-17-5-3-4-16(12-17)18-13-29-23(24(26,27)28)32-22(18)15-8-10-33(11-9-15)14-21-30-19-6-1-2-7-20(19)31-21/h1-7,12-13,15H,8-11,14H2,(H,30,31). The van der Waals surface area contributed by atoms with E-state index >= 15 is 0 Å². The molecule has 3 heterocycles. The summed E-state index contributed by atoms with van der Waals surface area (Å²) in [7, 11) is 0. The number of halogens is 4. The van der Waals surface area contributed by atoms with E-state index in [9.17, 15) is 17.6 Å². The Balaban J connectivity index is 1.37. The molecule has 0 saturated carbocycles. The lowest BCUT2D eigenvalue weighted by Crippen LogP contribution is -2.33. The van der Waals surface area contributed by atoms with Crippen LogP contribution in [0.1, 0.15) is 36.1 Å². The molecular weight excluding hydrogens is 434 g/mol.